The van der Waals surface area contributed by atoms with Crippen molar-refractivity contribution in [2.45, 2.75) is 6.54 Å². The number of rotatable bonds is 2. The Hall–Kier alpha value is -1.51. The maximum Gasteiger partial charge on any atom is 0.0961 e. The van der Waals surface area contributed by atoms with E-state index in [9.17, 15) is 0 Å². The summed E-state index contributed by atoms with van der Waals surface area (Å²) in [6.45, 7) is 0.773. The molecule has 2 aromatic carbocycles. The largest absolute Gasteiger partial charge is 0.326 e. The summed E-state index contributed by atoms with van der Waals surface area (Å²) in [7, 11) is 0. The summed E-state index contributed by atoms with van der Waals surface area (Å²) >= 11 is 11.8. The second-order valence-electron chi connectivity index (χ2n) is 4.13. The average molecular weight is 277 g/mol. The van der Waals surface area contributed by atoms with Gasteiger partial charge in [0.1, 0.15) is 0 Å². The Kier molecular flexibility index (Phi) is 2.98. The normalized spacial score (nSPS) is 11.0. The predicted molar refractivity (Wildman–Crippen MR) is 75.3 cm³/mol. The van der Waals surface area contributed by atoms with Crippen LogP contribution < -0.4 is 0 Å². The molecule has 0 N–H and O–H groups in total. The van der Waals surface area contributed by atoms with Gasteiger partial charge in [0.15, 0.2) is 0 Å². The molecule has 0 atom stereocenters. The average Bonchev–Trinajstić information content (AvgIpc) is 2.74. The van der Waals surface area contributed by atoms with E-state index in [0.29, 0.717) is 5.02 Å². The molecule has 90 valence electrons. The Morgan fingerprint density at radius 3 is 2.44 bits per heavy atom. The summed E-state index contributed by atoms with van der Waals surface area (Å²) in [4.78, 5) is 4.35. The Labute approximate surface area is 115 Å². The molecule has 0 saturated heterocycles. The van der Waals surface area contributed by atoms with Gasteiger partial charge in [-0.05, 0) is 35.9 Å². The molecular formula is C14H10Cl2N2. The Balaban J connectivity index is 1.97. The number of hydrogen-bond acceptors (Lipinski definition) is 1. The molecule has 18 heavy (non-hydrogen) atoms. The van der Waals surface area contributed by atoms with E-state index in [1.54, 1.807) is 0 Å². The van der Waals surface area contributed by atoms with Crippen LogP contribution in [0.2, 0.25) is 10.0 Å². The molecule has 3 aromatic rings. The molecule has 0 amide bonds. The van der Waals surface area contributed by atoms with Crippen LogP contribution in [0.5, 0.6) is 0 Å². The summed E-state index contributed by atoms with van der Waals surface area (Å²) in [5.41, 5.74) is 3.18. The van der Waals surface area contributed by atoms with Crippen LogP contribution >= 0.6 is 23.2 Å². The smallest absolute Gasteiger partial charge is 0.0961 e. The standard InChI is InChI=1S/C14H10Cl2N2/c15-11-3-1-10(2-4-11)8-18-9-17-13-7-12(16)5-6-14(13)18/h1-7,9H,8H2. The highest BCUT2D eigenvalue weighted by Crippen LogP contribution is 2.19. The van der Waals surface area contributed by atoms with Gasteiger partial charge in [0.05, 0.1) is 17.4 Å². The van der Waals surface area contributed by atoms with Gasteiger partial charge in [0.25, 0.3) is 0 Å². The van der Waals surface area contributed by atoms with Crippen molar-refractivity contribution in [3.63, 3.8) is 0 Å². The predicted octanol–water partition coefficient (Wildman–Crippen LogP) is 4.39. The van der Waals surface area contributed by atoms with Gasteiger partial charge in [-0.3, -0.25) is 0 Å². The van der Waals surface area contributed by atoms with Gasteiger partial charge in [-0.25, -0.2) is 4.98 Å². The maximum absolute atomic E-state index is 5.94. The Morgan fingerprint density at radius 1 is 0.944 bits per heavy atom. The first-order valence-corrected chi connectivity index (χ1v) is 6.33. The number of aromatic nitrogens is 2. The highest BCUT2D eigenvalue weighted by Gasteiger charge is 2.03. The van der Waals surface area contributed by atoms with Crippen LogP contribution in [0.3, 0.4) is 0 Å². The number of nitrogens with zero attached hydrogens (tertiary/aromatic N) is 2. The van der Waals surface area contributed by atoms with E-state index >= 15 is 0 Å². The quantitative estimate of drug-likeness (QED) is 0.679. The van der Waals surface area contributed by atoms with E-state index < -0.39 is 0 Å². The SMILES string of the molecule is Clc1ccc(Cn2cnc3cc(Cl)ccc32)cc1. The lowest BCUT2D eigenvalue weighted by atomic mass is 10.2. The molecular weight excluding hydrogens is 267 g/mol. The fraction of sp³-hybridized carbons (Fsp3) is 0.0714. The fourth-order valence-corrected chi connectivity index (χ4v) is 2.24. The minimum absolute atomic E-state index is 0.708. The maximum atomic E-state index is 5.94. The van der Waals surface area contributed by atoms with Gasteiger partial charge in [0, 0.05) is 16.6 Å². The van der Waals surface area contributed by atoms with E-state index in [4.69, 9.17) is 23.2 Å². The van der Waals surface area contributed by atoms with E-state index in [1.807, 2.05) is 48.8 Å². The van der Waals surface area contributed by atoms with Gasteiger partial charge in [0.2, 0.25) is 0 Å². The van der Waals surface area contributed by atoms with Crippen molar-refractivity contribution in [1.82, 2.24) is 9.55 Å². The highest BCUT2D eigenvalue weighted by molar-refractivity contribution is 6.31. The van der Waals surface area contributed by atoms with Crippen molar-refractivity contribution >= 4 is 34.2 Å². The molecule has 4 heteroatoms. The van der Waals surface area contributed by atoms with Gasteiger partial charge >= 0.3 is 0 Å². The van der Waals surface area contributed by atoms with Crippen molar-refractivity contribution in [1.29, 1.82) is 0 Å². The first-order chi connectivity index (χ1) is 8.72. The summed E-state index contributed by atoms with van der Waals surface area (Å²) in [5, 5.41) is 1.46. The van der Waals surface area contributed by atoms with E-state index in [0.717, 1.165) is 22.6 Å². The Bertz CT molecular complexity index is 687. The molecule has 0 bridgehead atoms. The lowest BCUT2D eigenvalue weighted by Gasteiger charge is -2.04. The minimum atomic E-state index is 0.708. The molecule has 0 aliphatic rings. The minimum Gasteiger partial charge on any atom is -0.326 e. The molecule has 0 aliphatic carbocycles. The zero-order chi connectivity index (χ0) is 12.5. The summed E-state index contributed by atoms with van der Waals surface area (Å²) in [6, 6.07) is 13.6. The lowest BCUT2D eigenvalue weighted by molar-refractivity contribution is 0.824. The molecule has 0 fully saturated rings. The van der Waals surface area contributed by atoms with Crippen LogP contribution in [0.1, 0.15) is 5.56 Å². The van der Waals surface area contributed by atoms with Crippen LogP contribution in [0.15, 0.2) is 48.8 Å². The number of benzene rings is 2. The van der Waals surface area contributed by atoms with Gasteiger partial charge < -0.3 is 4.57 Å². The van der Waals surface area contributed by atoms with E-state index in [1.165, 1.54) is 5.56 Å². The molecule has 0 saturated carbocycles. The second kappa shape index (κ2) is 4.63. The Morgan fingerprint density at radius 2 is 1.67 bits per heavy atom. The van der Waals surface area contributed by atoms with Gasteiger partial charge in [-0.2, -0.15) is 0 Å². The molecule has 1 aromatic heterocycles. The monoisotopic (exact) mass is 276 g/mol. The van der Waals surface area contributed by atoms with Crippen LogP contribution in [0.25, 0.3) is 11.0 Å². The van der Waals surface area contributed by atoms with Crippen LogP contribution in [-0.4, -0.2) is 9.55 Å². The number of hydrogen-bond donors (Lipinski definition) is 0. The lowest BCUT2D eigenvalue weighted by Crippen LogP contribution is -1.97. The topological polar surface area (TPSA) is 17.8 Å². The van der Waals surface area contributed by atoms with Crippen molar-refractivity contribution in [2.75, 3.05) is 0 Å². The van der Waals surface area contributed by atoms with Crippen molar-refractivity contribution in [3.8, 4) is 0 Å². The molecule has 2 nitrogen and oxygen atoms in total. The molecule has 0 radical (unpaired) electrons. The van der Waals surface area contributed by atoms with Crippen molar-refractivity contribution in [3.05, 3.63) is 64.4 Å². The molecule has 0 spiro atoms. The molecule has 1 heterocycles. The second-order valence-corrected chi connectivity index (χ2v) is 5.00. The summed E-state index contributed by atoms with van der Waals surface area (Å²) in [6.07, 6.45) is 1.83. The molecule has 3 rings (SSSR count). The van der Waals surface area contributed by atoms with Crippen LogP contribution in [0.4, 0.5) is 0 Å². The van der Waals surface area contributed by atoms with Gasteiger partial charge in [-0.1, -0.05) is 35.3 Å². The van der Waals surface area contributed by atoms with E-state index in [-0.39, 0.29) is 0 Å². The third-order valence-electron chi connectivity index (χ3n) is 2.85. The van der Waals surface area contributed by atoms with Crippen molar-refractivity contribution in [2.24, 2.45) is 0 Å². The van der Waals surface area contributed by atoms with Crippen molar-refractivity contribution < 1.29 is 0 Å². The zero-order valence-corrected chi connectivity index (χ0v) is 11.0. The van der Waals surface area contributed by atoms with Crippen LogP contribution in [-0.2, 0) is 6.54 Å². The highest BCUT2D eigenvalue weighted by atomic mass is 35.5. The van der Waals surface area contributed by atoms with Gasteiger partial charge in [-0.15, -0.1) is 0 Å². The van der Waals surface area contributed by atoms with Crippen LogP contribution in [0, 0.1) is 0 Å². The number of imidazole rings is 1. The molecule has 0 unspecified atom stereocenters. The first-order valence-electron chi connectivity index (χ1n) is 5.57. The first kappa shape index (κ1) is 11.6. The third-order valence-corrected chi connectivity index (χ3v) is 3.34. The molecule has 0 aliphatic heterocycles. The summed E-state index contributed by atoms with van der Waals surface area (Å²) < 4.78 is 2.09. The number of halogens is 2. The van der Waals surface area contributed by atoms with E-state index in [2.05, 4.69) is 9.55 Å². The summed E-state index contributed by atoms with van der Waals surface area (Å²) in [5.74, 6) is 0. The fourth-order valence-electron chi connectivity index (χ4n) is 1.95. The number of fused-ring (bicyclic) bond motifs is 1. The zero-order valence-electron chi connectivity index (χ0n) is 9.48. The third kappa shape index (κ3) is 2.22.